The molecule has 0 nitrogen and oxygen atoms in total. The van der Waals surface area contributed by atoms with Crippen LogP contribution in [-0.2, 0) is 0 Å². The molecule has 0 aromatic heterocycles. The van der Waals surface area contributed by atoms with Crippen molar-refractivity contribution in [2.75, 3.05) is 17.3 Å². The molecule has 0 rings (SSSR count). The van der Waals surface area contributed by atoms with E-state index in [1.807, 2.05) is 0 Å². The molecule has 0 N–H and O–H groups in total. The van der Waals surface area contributed by atoms with Gasteiger partial charge in [-0.2, -0.15) is 24.4 Å². The number of hydrogen-bond donors (Lipinski definition) is 1. The molecule has 0 amide bonds. The molecule has 0 aromatic rings. The summed E-state index contributed by atoms with van der Waals surface area (Å²) in [5, 5.41) is 0. The van der Waals surface area contributed by atoms with Gasteiger partial charge >= 0.3 is 0 Å². The van der Waals surface area contributed by atoms with E-state index in [0.29, 0.717) is 0 Å². The SMILES string of the molecule is CCC(C)CSCCCCCS. The normalized spacial score (nSPS) is 13.2. The maximum absolute atomic E-state index is 4.19. The molecule has 0 saturated carbocycles. The van der Waals surface area contributed by atoms with Crippen LogP contribution in [0.2, 0.25) is 0 Å². The summed E-state index contributed by atoms with van der Waals surface area (Å²) in [5.74, 6) is 4.64. The van der Waals surface area contributed by atoms with Crippen LogP contribution in [0, 0.1) is 5.92 Å². The molecule has 2 heteroatoms. The minimum atomic E-state index is 0.903. The molecule has 0 fully saturated rings. The highest BCUT2D eigenvalue weighted by atomic mass is 32.2. The molecule has 0 radical (unpaired) electrons. The number of rotatable bonds is 8. The van der Waals surface area contributed by atoms with Gasteiger partial charge in [-0.1, -0.05) is 26.7 Å². The zero-order valence-electron chi connectivity index (χ0n) is 8.38. The van der Waals surface area contributed by atoms with Crippen LogP contribution in [0.15, 0.2) is 0 Å². The van der Waals surface area contributed by atoms with Crippen LogP contribution in [0.1, 0.15) is 39.5 Å². The summed E-state index contributed by atoms with van der Waals surface area (Å²) in [5.41, 5.74) is 0. The van der Waals surface area contributed by atoms with Crippen molar-refractivity contribution in [3.8, 4) is 0 Å². The first kappa shape index (κ1) is 12.7. The molecule has 0 aromatic carbocycles. The minimum Gasteiger partial charge on any atom is -0.179 e. The smallest absolute Gasteiger partial charge is 0.00419 e. The molecule has 0 spiro atoms. The van der Waals surface area contributed by atoms with E-state index in [1.165, 1.54) is 37.2 Å². The van der Waals surface area contributed by atoms with Gasteiger partial charge < -0.3 is 0 Å². The molecule has 0 aliphatic rings. The van der Waals surface area contributed by atoms with Gasteiger partial charge in [0, 0.05) is 0 Å². The van der Waals surface area contributed by atoms with Crippen LogP contribution in [0.5, 0.6) is 0 Å². The molecule has 1 unspecified atom stereocenters. The molecular formula is C10H22S2. The van der Waals surface area contributed by atoms with Crippen molar-refractivity contribution in [1.82, 2.24) is 0 Å². The fourth-order valence-corrected chi connectivity index (χ4v) is 2.33. The van der Waals surface area contributed by atoms with E-state index >= 15 is 0 Å². The van der Waals surface area contributed by atoms with Crippen LogP contribution in [0.4, 0.5) is 0 Å². The van der Waals surface area contributed by atoms with Crippen LogP contribution in [0.25, 0.3) is 0 Å². The van der Waals surface area contributed by atoms with E-state index in [4.69, 9.17) is 0 Å². The van der Waals surface area contributed by atoms with Gasteiger partial charge in [0.2, 0.25) is 0 Å². The molecule has 74 valence electrons. The zero-order valence-corrected chi connectivity index (χ0v) is 10.1. The van der Waals surface area contributed by atoms with Gasteiger partial charge in [-0.05, 0) is 36.0 Å². The van der Waals surface area contributed by atoms with Crippen LogP contribution >= 0.6 is 24.4 Å². The number of unbranched alkanes of at least 4 members (excludes halogenated alkanes) is 2. The Kier molecular flexibility index (Phi) is 10.4. The average Bonchev–Trinajstić information content (AvgIpc) is 2.10. The van der Waals surface area contributed by atoms with E-state index in [-0.39, 0.29) is 0 Å². The predicted octanol–water partition coefficient (Wildman–Crippen LogP) is 3.87. The third-order valence-electron chi connectivity index (χ3n) is 2.05. The first-order valence-corrected chi connectivity index (χ1v) is 6.78. The van der Waals surface area contributed by atoms with Crippen molar-refractivity contribution in [1.29, 1.82) is 0 Å². The molecule has 0 aliphatic carbocycles. The van der Waals surface area contributed by atoms with E-state index in [9.17, 15) is 0 Å². The summed E-state index contributed by atoms with van der Waals surface area (Å²) in [6.45, 7) is 4.60. The summed E-state index contributed by atoms with van der Waals surface area (Å²) in [4.78, 5) is 0. The van der Waals surface area contributed by atoms with Gasteiger partial charge in [-0.15, -0.1) is 0 Å². The molecule has 1 atom stereocenters. The van der Waals surface area contributed by atoms with E-state index in [0.717, 1.165) is 11.7 Å². The van der Waals surface area contributed by atoms with Gasteiger partial charge in [0.1, 0.15) is 0 Å². The van der Waals surface area contributed by atoms with Crippen molar-refractivity contribution in [3.63, 3.8) is 0 Å². The molecular weight excluding hydrogens is 184 g/mol. The summed E-state index contributed by atoms with van der Waals surface area (Å²) < 4.78 is 0. The van der Waals surface area contributed by atoms with Crippen molar-refractivity contribution < 1.29 is 0 Å². The highest BCUT2D eigenvalue weighted by molar-refractivity contribution is 7.99. The largest absolute Gasteiger partial charge is 0.179 e. The Morgan fingerprint density at radius 1 is 1.25 bits per heavy atom. The molecule has 0 heterocycles. The van der Waals surface area contributed by atoms with Crippen molar-refractivity contribution >= 4 is 24.4 Å². The Balaban J connectivity index is 2.90. The highest BCUT2D eigenvalue weighted by Crippen LogP contribution is 2.13. The molecule has 0 saturated heterocycles. The minimum absolute atomic E-state index is 0.903. The topological polar surface area (TPSA) is 0 Å². The fraction of sp³-hybridized carbons (Fsp3) is 1.00. The van der Waals surface area contributed by atoms with Gasteiger partial charge in [-0.3, -0.25) is 0 Å². The zero-order chi connectivity index (χ0) is 9.23. The first-order valence-electron chi connectivity index (χ1n) is 4.99. The summed E-state index contributed by atoms with van der Waals surface area (Å²) in [7, 11) is 0. The molecule has 0 aliphatic heterocycles. The Hall–Kier alpha value is 0.700. The maximum Gasteiger partial charge on any atom is -0.00419 e. The van der Waals surface area contributed by atoms with E-state index in [2.05, 4.69) is 38.2 Å². The number of hydrogen-bond acceptors (Lipinski definition) is 2. The second-order valence-electron chi connectivity index (χ2n) is 3.37. The monoisotopic (exact) mass is 206 g/mol. The third kappa shape index (κ3) is 8.79. The lowest BCUT2D eigenvalue weighted by molar-refractivity contribution is 0.636. The molecule has 0 bridgehead atoms. The van der Waals surface area contributed by atoms with E-state index < -0.39 is 0 Å². The maximum atomic E-state index is 4.19. The van der Waals surface area contributed by atoms with Crippen molar-refractivity contribution in [3.05, 3.63) is 0 Å². The van der Waals surface area contributed by atoms with E-state index in [1.54, 1.807) is 0 Å². The summed E-state index contributed by atoms with van der Waals surface area (Å²) >= 11 is 6.30. The van der Waals surface area contributed by atoms with Gasteiger partial charge in [0.25, 0.3) is 0 Å². The Morgan fingerprint density at radius 2 is 2.00 bits per heavy atom. The van der Waals surface area contributed by atoms with Gasteiger partial charge in [0.05, 0.1) is 0 Å². The van der Waals surface area contributed by atoms with Gasteiger partial charge in [0.15, 0.2) is 0 Å². The van der Waals surface area contributed by atoms with Crippen LogP contribution in [0.3, 0.4) is 0 Å². The highest BCUT2D eigenvalue weighted by Gasteiger charge is 1.97. The summed E-state index contributed by atoms with van der Waals surface area (Å²) in [6.07, 6.45) is 5.34. The second kappa shape index (κ2) is 9.79. The Morgan fingerprint density at radius 3 is 2.58 bits per heavy atom. The lowest BCUT2D eigenvalue weighted by Crippen LogP contribution is -1.96. The lowest BCUT2D eigenvalue weighted by atomic mass is 10.2. The number of thiol groups is 1. The Bertz CT molecular complexity index is 83.9. The fourth-order valence-electron chi connectivity index (χ4n) is 0.895. The third-order valence-corrected chi connectivity index (χ3v) is 3.74. The second-order valence-corrected chi connectivity index (χ2v) is 4.97. The Labute approximate surface area is 87.3 Å². The lowest BCUT2D eigenvalue weighted by Gasteiger charge is -2.06. The first-order chi connectivity index (χ1) is 5.81. The van der Waals surface area contributed by atoms with Crippen LogP contribution < -0.4 is 0 Å². The van der Waals surface area contributed by atoms with Crippen LogP contribution in [-0.4, -0.2) is 17.3 Å². The van der Waals surface area contributed by atoms with Crippen molar-refractivity contribution in [2.45, 2.75) is 39.5 Å². The van der Waals surface area contributed by atoms with Crippen molar-refractivity contribution in [2.24, 2.45) is 5.92 Å². The predicted molar refractivity (Wildman–Crippen MR) is 64.5 cm³/mol. The summed E-state index contributed by atoms with van der Waals surface area (Å²) in [6, 6.07) is 0. The standard InChI is InChI=1S/C10H22S2/c1-3-10(2)9-12-8-6-4-5-7-11/h10-11H,3-9H2,1-2H3. The average molecular weight is 206 g/mol. The quantitative estimate of drug-likeness (QED) is 0.465. The molecule has 12 heavy (non-hydrogen) atoms. The number of thioether (sulfide) groups is 1. The van der Waals surface area contributed by atoms with Gasteiger partial charge in [-0.25, -0.2) is 0 Å².